The van der Waals surface area contributed by atoms with Crippen LogP contribution in [0.3, 0.4) is 0 Å². The monoisotopic (exact) mass is 472 g/mol. The maximum atomic E-state index is 13.3. The number of amides is 3. The fourth-order valence-electron chi connectivity index (χ4n) is 3.92. The summed E-state index contributed by atoms with van der Waals surface area (Å²) in [4.78, 5) is 40.0. The molecule has 174 valence electrons. The maximum Gasteiger partial charge on any atom is 0.262 e. The molecule has 2 aromatic carbocycles. The number of nitrogens with zero attached hydrogens (tertiary/aromatic N) is 1. The molecule has 1 N–H and O–H groups in total. The van der Waals surface area contributed by atoms with E-state index in [4.69, 9.17) is 9.47 Å². The molecule has 0 bridgehead atoms. The molecule has 0 saturated heterocycles. The number of nitrogens with one attached hydrogen (secondary N) is 1. The number of ether oxygens (including phenoxy) is 2. The number of fused-ring (bicyclic) bond motifs is 2. The quantitative estimate of drug-likeness (QED) is 0.610. The lowest BCUT2D eigenvalue weighted by Crippen LogP contribution is -2.50. The highest BCUT2D eigenvalue weighted by Crippen LogP contribution is 2.33. The Hall–Kier alpha value is -3.40. The van der Waals surface area contributed by atoms with Gasteiger partial charge in [-0.15, -0.1) is 0 Å². The summed E-state index contributed by atoms with van der Waals surface area (Å²) in [6, 6.07) is 9.80. The molecule has 2 aliphatic heterocycles. The lowest BCUT2D eigenvalue weighted by Gasteiger charge is -2.27. The van der Waals surface area contributed by atoms with Crippen LogP contribution in [0.1, 0.15) is 45.7 Å². The number of benzene rings is 2. The van der Waals surface area contributed by atoms with Gasteiger partial charge in [-0.2, -0.15) is 0 Å². The summed E-state index contributed by atoms with van der Waals surface area (Å²) in [5.74, 6) is -1.02. The molecule has 0 fully saturated rings. The van der Waals surface area contributed by atoms with Crippen molar-refractivity contribution in [2.75, 3.05) is 25.2 Å². The van der Waals surface area contributed by atoms with Crippen LogP contribution < -0.4 is 14.8 Å². The van der Waals surface area contributed by atoms with Crippen molar-refractivity contribution in [3.05, 3.63) is 59.2 Å². The predicted molar refractivity (Wildman–Crippen MR) is 119 cm³/mol. The van der Waals surface area contributed by atoms with Crippen LogP contribution in [-0.4, -0.2) is 62.3 Å². The Labute approximate surface area is 191 Å². The van der Waals surface area contributed by atoms with E-state index in [-0.39, 0.29) is 23.3 Å². The Bertz CT molecular complexity index is 1190. The lowest BCUT2D eigenvalue weighted by atomic mass is 10.1. The molecule has 2 atom stereocenters. The zero-order valence-corrected chi connectivity index (χ0v) is 19.1. The third kappa shape index (κ3) is 4.70. The molecular weight excluding hydrogens is 448 g/mol. The van der Waals surface area contributed by atoms with Crippen LogP contribution in [0.15, 0.2) is 42.5 Å². The minimum Gasteiger partial charge on any atom is -0.486 e. The molecule has 10 heteroatoms. The van der Waals surface area contributed by atoms with Crippen LogP contribution in [0.25, 0.3) is 0 Å². The highest BCUT2D eigenvalue weighted by atomic mass is 32.2. The number of hydrogen-bond acceptors (Lipinski definition) is 7. The van der Waals surface area contributed by atoms with Gasteiger partial charge in [-0.3, -0.25) is 19.3 Å². The second-order valence-corrected chi connectivity index (χ2v) is 10.4. The van der Waals surface area contributed by atoms with Gasteiger partial charge in [0.25, 0.3) is 11.8 Å². The van der Waals surface area contributed by atoms with E-state index in [0.29, 0.717) is 24.7 Å². The van der Waals surface area contributed by atoms with E-state index in [1.165, 1.54) is 12.1 Å². The van der Waals surface area contributed by atoms with Crippen LogP contribution >= 0.6 is 0 Å². The van der Waals surface area contributed by atoms with Gasteiger partial charge >= 0.3 is 0 Å². The Morgan fingerprint density at radius 3 is 2.24 bits per heavy atom. The van der Waals surface area contributed by atoms with Crippen molar-refractivity contribution >= 4 is 27.6 Å². The molecule has 0 unspecified atom stereocenters. The number of imide groups is 1. The lowest BCUT2D eigenvalue weighted by molar-refractivity contribution is -0.125. The summed E-state index contributed by atoms with van der Waals surface area (Å²) in [7, 11) is -3.44. The van der Waals surface area contributed by atoms with Gasteiger partial charge in [-0.25, -0.2) is 8.42 Å². The fourth-order valence-corrected chi connectivity index (χ4v) is 4.57. The van der Waals surface area contributed by atoms with E-state index in [0.717, 1.165) is 16.7 Å². The van der Waals surface area contributed by atoms with Crippen LogP contribution in [-0.2, 0) is 14.6 Å². The Morgan fingerprint density at radius 1 is 1.03 bits per heavy atom. The van der Waals surface area contributed by atoms with Gasteiger partial charge in [0.2, 0.25) is 5.91 Å². The molecular formula is C23H24N2O7S. The molecule has 0 aliphatic carbocycles. The minimum atomic E-state index is -3.44. The highest BCUT2D eigenvalue weighted by Gasteiger charge is 2.43. The first-order valence-electron chi connectivity index (χ1n) is 10.5. The number of hydrogen-bond donors (Lipinski definition) is 1. The molecule has 2 aliphatic rings. The number of carbonyl (C=O) groups is 3. The van der Waals surface area contributed by atoms with E-state index < -0.39 is 39.6 Å². The zero-order chi connectivity index (χ0) is 23.8. The van der Waals surface area contributed by atoms with Gasteiger partial charge in [-0.1, -0.05) is 18.2 Å². The van der Waals surface area contributed by atoms with Crippen LogP contribution in [0.2, 0.25) is 0 Å². The molecule has 0 saturated carbocycles. The van der Waals surface area contributed by atoms with E-state index >= 15 is 0 Å². The predicted octanol–water partition coefficient (Wildman–Crippen LogP) is 1.73. The fraction of sp³-hybridized carbons (Fsp3) is 0.348. The standard InChI is InChI=1S/C23H24N2O7S/c1-14(15-7-8-19-20(13-15)32-11-10-31-19)24-21(26)18(9-12-33(2,29)30)25-22(27)16-5-3-4-6-17(16)23(25)28/h3-8,13-14,18H,9-12H2,1-2H3,(H,24,26)/t14-,18-/m0/s1. The average molecular weight is 473 g/mol. The largest absolute Gasteiger partial charge is 0.486 e. The van der Waals surface area contributed by atoms with Crippen molar-refractivity contribution in [1.82, 2.24) is 10.2 Å². The van der Waals surface area contributed by atoms with Gasteiger partial charge in [0, 0.05) is 6.26 Å². The molecule has 0 aromatic heterocycles. The van der Waals surface area contributed by atoms with Gasteiger partial charge in [-0.05, 0) is 43.2 Å². The van der Waals surface area contributed by atoms with Crippen molar-refractivity contribution in [2.45, 2.75) is 25.4 Å². The number of sulfone groups is 1. The summed E-state index contributed by atoms with van der Waals surface area (Å²) in [6.45, 7) is 2.63. The van der Waals surface area contributed by atoms with E-state index in [2.05, 4.69) is 5.32 Å². The Morgan fingerprint density at radius 2 is 1.64 bits per heavy atom. The molecule has 4 rings (SSSR count). The van der Waals surface area contributed by atoms with E-state index in [1.54, 1.807) is 37.3 Å². The minimum absolute atomic E-state index is 0.194. The van der Waals surface area contributed by atoms with Crippen LogP contribution in [0.5, 0.6) is 11.5 Å². The second-order valence-electron chi connectivity index (χ2n) is 8.09. The third-order valence-electron chi connectivity index (χ3n) is 5.63. The normalized spacial score (nSPS) is 16.8. The van der Waals surface area contributed by atoms with Crippen LogP contribution in [0.4, 0.5) is 0 Å². The van der Waals surface area contributed by atoms with Crippen molar-refractivity contribution in [2.24, 2.45) is 0 Å². The average Bonchev–Trinajstić information content (AvgIpc) is 3.03. The summed E-state index contributed by atoms with van der Waals surface area (Å²) >= 11 is 0. The molecule has 0 spiro atoms. The second kappa shape index (κ2) is 8.86. The van der Waals surface area contributed by atoms with Crippen LogP contribution in [0, 0.1) is 0 Å². The SMILES string of the molecule is C[C@H](NC(=O)[C@H](CCS(C)(=O)=O)N1C(=O)c2ccccc2C1=O)c1ccc2c(c1)OCCO2. The molecule has 0 radical (unpaired) electrons. The summed E-state index contributed by atoms with van der Waals surface area (Å²) < 4.78 is 34.7. The van der Waals surface area contributed by atoms with Crippen molar-refractivity contribution < 1.29 is 32.3 Å². The Kier molecular flexibility index (Phi) is 6.11. The first-order chi connectivity index (χ1) is 15.7. The van der Waals surface area contributed by atoms with Gasteiger partial charge in [0.05, 0.1) is 22.9 Å². The summed E-state index contributed by atoms with van der Waals surface area (Å²) in [6.07, 6.45) is 0.839. The molecule has 9 nitrogen and oxygen atoms in total. The number of rotatable bonds is 7. The van der Waals surface area contributed by atoms with Gasteiger partial charge < -0.3 is 14.8 Å². The van der Waals surface area contributed by atoms with Crippen molar-refractivity contribution in [3.63, 3.8) is 0 Å². The number of carbonyl (C=O) groups excluding carboxylic acids is 3. The Balaban J connectivity index is 1.58. The van der Waals surface area contributed by atoms with Crippen molar-refractivity contribution in [3.8, 4) is 11.5 Å². The summed E-state index contributed by atoms with van der Waals surface area (Å²) in [5.41, 5.74) is 1.12. The van der Waals surface area contributed by atoms with E-state index in [9.17, 15) is 22.8 Å². The topological polar surface area (TPSA) is 119 Å². The third-order valence-corrected chi connectivity index (χ3v) is 6.60. The highest BCUT2D eigenvalue weighted by molar-refractivity contribution is 7.90. The maximum absolute atomic E-state index is 13.3. The first-order valence-corrected chi connectivity index (χ1v) is 12.6. The van der Waals surface area contributed by atoms with Crippen molar-refractivity contribution in [1.29, 1.82) is 0 Å². The molecule has 2 heterocycles. The summed E-state index contributed by atoms with van der Waals surface area (Å²) in [5, 5.41) is 2.81. The molecule has 3 amide bonds. The smallest absolute Gasteiger partial charge is 0.262 e. The zero-order valence-electron chi connectivity index (χ0n) is 18.2. The van der Waals surface area contributed by atoms with Gasteiger partial charge in [0.15, 0.2) is 11.5 Å². The molecule has 2 aromatic rings. The van der Waals surface area contributed by atoms with E-state index in [1.807, 2.05) is 0 Å². The van der Waals surface area contributed by atoms with Gasteiger partial charge in [0.1, 0.15) is 29.1 Å². The molecule has 33 heavy (non-hydrogen) atoms. The first kappa shape index (κ1) is 22.8.